The highest BCUT2D eigenvalue weighted by molar-refractivity contribution is 6.66. The van der Waals surface area contributed by atoms with Gasteiger partial charge in [-0.15, -0.1) is 0 Å². The quantitative estimate of drug-likeness (QED) is 0.407. The molecule has 0 aromatic heterocycles. The molecule has 3 nitrogen and oxygen atoms in total. The SMILES string of the molecule is C=CC(=O)Cl.C[N+](C)(C)CCO. The van der Waals surface area contributed by atoms with Gasteiger partial charge in [0.2, 0.25) is 5.24 Å². The molecule has 0 amide bonds. The molecule has 0 aliphatic heterocycles. The largest absolute Gasteiger partial charge is 0.391 e. The number of allylic oxidation sites excluding steroid dienone is 1. The molecule has 72 valence electrons. The third-order valence-corrected chi connectivity index (χ3v) is 1.09. The van der Waals surface area contributed by atoms with Gasteiger partial charge >= 0.3 is 0 Å². The van der Waals surface area contributed by atoms with Crippen molar-refractivity contribution in [3.05, 3.63) is 12.7 Å². The first-order valence-electron chi connectivity index (χ1n) is 3.56. The van der Waals surface area contributed by atoms with Crippen molar-refractivity contribution in [1.82, 2.24) is 0 Å². The van der Waals surface area contributed by atoms with Crippen LogP contribution in [-0.2, 0) is 4.79 Å². The molecule has 0 aliphatic carbocycles. The lowest BCUT2D eigenvalue weighted by Gasteiger charge is -2.21. The van der Waals surface area contributed by atoms with Crippen molar-refractivity contribution in [2.24, 2.45) is 0 Å². The summed E-state index contributed by atoms with van der Waals surface area (Å²) in [6.07, 6.45) is 1.04. The molecule has 0 radical (unpaired) electrons. The second-order valence-electron chi connectivity index (χ2n) is 3.25. The van der Waals surface area contributed by atoms with Crippen LogP contribution in [-0.4, -0.2) is 49.1 Å². The lowest BCUT2D eigenvalue weighted by atomic mass is 10.5. The molecule has 0 saturated heterocycles. The molecule has 0 aromatic carbocycles. The summed E-state index contributed by atoms with van der Waals surface area (Å²) in [4.78, 5) is 9.46. The van der Waals surface area contributed by atoms with Crippen LogP contribution in [0.5, 0.6) is 0 Å². The Kier molecular flexibility index (Phi) is 8.59. The highest BCUT2D eigenvalue weighted by Crippen LogP contribution is 1.84. The monoisotopic (exact) mass is 194 g/mol. The van der Waals surface area contributed by atoms with Crippen LogP contribution in [0, 0.1) is 0 Å². The Labute approximate surface area is 78.8 Å². The van der Waals surface area contributed by atoms with Crippen molar-refractivity contribution < 1.29 is 14.4 Å². The molecule has 0 fully saturated rings. The minimum Gasteiger partial charge on any atom is -0.391 e. The predicted molar refractivity (Wildman–Crippen MR) is 51.0 cm³/mol. The molecule has 0 heterocycles. The zero-order chi connectivity index (χ0) is 10.2. The maximum Gasteiger partial charge on any atom is 0.244 e. The summed E-state index contributed by atoms with van der Waals surface area (Å²) >= 11 is 4.71. The van der Waals surface area contributed by atoms with E-state index in [4.69, 9.17) is 16.7 Å². The van der Waals surface area contributed by atoms with Gasteiger partial charge in [-0.25, -0.2) is 0 Å². The van der Waals surface area contributed by atoms with Gasteiger partial charge in [0.05, 0.1) is 27.7 Å². The van der Waals surface area contributed by atoms with Crippen molar-refractivity contribution in [3.63, 3.8) is 0 Å². The van der Waals surface area contributed by atoms with E-state index in [0.717, 1.165) is 17.1 Å². The fourth-order valence-corrected chi connectivity index (χ4v) is 0.300. The number of hydrogen-bond donors (Lipinski definition) is 1. The Bertz CT molecular complexity index is 140. The van der Waals surface area contributed by atoms with Crippen LogP contribution >= 0.6 is 11.6 Å². The molecule has 0 bridgehead atoms. The molecule has 0 unspecified atom stereocenters. The van der Waals surface area contributed by atoms with Crippen LogP contribution in [0.15, 0.2) is 12.7 Å². The lowest BCUT2D eigenvalue weighted by molar-refractivity contribution is -0.870. The Balaban J connectivity index is 0. The fourth-order valence-electron chi connectivity index (χ4n) is 0.300. The van der Waals surface area contributed by atoms with Gasteiger partial charge in [0.25, 0.3) is 0 Å². The van der Waals surface area contributed by atoms with E-state index in [-0.39, 0.29) is 6.61 Å². The van der Waals surface area contributed by atoms with Gasteiger partial charge in [0, 0.05) is 0 Å². The Morgan fingerprint density at radius 1 is 1.58 bits per heavy atom. The third-order valence-electron chi connectivity index (χ3n) is 0.931. The maximum atomic E-state index is 9.46. The van der Waals surface area contributed by atoms with Gasteiger partial charge in [-0.2, -0.15) is 0 Å². The highest BCUT2D eigenvalue weighted by Gasteiger charge is 2.02. The summed E-state index contributed by atoms with van der Waals surface area (Å²) in [6.45, 7) is 4.19. The minimum atomic E-state index is -0.509. The van der Waals surface area contributed by atoms with E-state index < -0.39 is 5.24 Å². The summed E-state index contributed by atoms with van der Waals surface area (Å²) < 4.78 is 0.844. The molecule has 0 atom stereocenters. The van der Waals surface area contributed by atoms with Crippen LogP contribution < -0.4 is 0 Å². The first-order valence-corrected chi connectivity index (χ1v) is 3.94. The summed E-state index contributed by atoms with van der Waals surface area (Å²) in [7, 11) is 6.16. The van der Waals surface area contributed by atoms with Crippen molar-refractivity contribution in [1.29, 1.82) is 0 Å². The molecule has 1 N–H and O–H groups in total. The third kappa shape index (κ3) is 22.6. The molecule has 0 aliphatic rings. The molecule has 4 heteroatoms. The zero-order valence-electron chi connectivity index (χ0n) is 7.88. The molecule has 0 saturated carbocycles. The topological polar surface area (TPSA) is 37.3 Å². The number of quaternary nitrogens is 1. The molecule has 0 aromatic rings. The Hall–Kier alpha value is -0.380. The fraction of sp³-hybridized carbons (Fsp3) is 0.625. The summed E-state index contributed by atoms with van der Waals surface area (Å²) in [6, 6.07) is 0. The van der Waals surface area contributed by atoms with Crippen molar-refractivity contribution in [2.45, 2.75) is 0 Å². The minimum absolute atomic E-state index is 0.281. The lowest BCUT2D eigenvalue weighted by Crippen LogP contribution is -2.36. The molecule has 0 rings (SSSR count). The van der Waals surface area contributed by atoms with Crippen LogP contribution in [0.4, 0.5) is 0 Å². The van der Waals surface area contributed by atoms with Crippen LogP contribution in [0.25, 0.3) is 0 Å². The highest BCUT2D eigenvalue weighted by atomic mass is 35.5. The number of halogens is 1. The van der Waals surface area contributed by atoms with Crippen molar-refractivity contribution >= 4 is 16.8 Å². The van der Waals surface area contributed by atoms with Gasteiger partial charge in [-0.1, -0.05) is 6.58 Å². The average Bonchev–Trinajstić information content (AvgIpc) is 1.86. The maximum absolute atomic E-state index is 9.46. The molecule has 12 heavy (non-hydrogen) atoms. The Morgan fingerprint density at radius 2 is 1.92 bits per heavy atom. The van der Waals surface area contributed by atoms with E-state index >= 15 is 0 Å². The number of rotatable bonds is 3. The zero-order valence-corrected chi connectivity index (χ0v) is 8.64. The van der Waals surface area contributed by atoms with Gasteiger partial charge in [-0.05, 0) is 17.7 Å². The van der Waals surface area contributed by atoms with E-state index in [9.17, 15) is 4.79 Å². The van der Waals surface area contributed by atoms with Gasteiger partial charge < -0.3 is 9.59 Å². The molecule has 0 spiro atoms. The second kappa shape index (κ2) is 7.28. The van der Waals surface area contributed by atoms with Gasteiger partial charge in [-0.3, -0.25) is 4.79 Å². The standard InChI is InChI=1S/C5H14NO.C3H3ClO/c1-6(2,3)4-5-7;1-2-3(4)5/h7H,4-5H2,1-3H3;2H,1H2/q+1;. The Morgan fingerprint density at radius 3 is 1.92 bits per heavy atom. The van der Waals surface area contributed by atoms with E-state index in [2.05, 4.69) is 27.7 Å². The summed E-state index contributed by atoms with van der Waals surface area (Å²) in [5, 5.41) is 7.88. The van der Waals surface area contributed by atoms with Gasteiger partial charge in [0.15, 0.2) is 0 Å². The molecular formula is C8H17ClNO2+. The number of carbonyl (C=O) groups excluding carboxylic acids is 1. The van der Waals surface area contributed by atoms with E-state index in [1.54, 1.807) is 0 Å². The van der Waals surface area contributed by atoms with E-state index in [0.29, 0.717) is 0 Å². The van der Waals surface area contributed by atoms with E-state index in [1.807, 2.05) is 0 Å². The number of aliphatic hydroxyl groups is 1. The summed E-state index contributed by atoms with van der Waals surface area (Å²) in [5.74, 6) is 0. The van der Waals surface area contributed by atoms with Crippen molar-refractivity contribution in [3.8, 4) is 0 Å². The van der Waals surface area contributed by atoms with E-state index in [1.165, 1.54) is 0 Å². The number of aliphatic hydroxyl groups excluding tert-OH is 1. The van der Waals surface area contributed by atoms with Crippen LogP contribution in [0.1, 0.15) is 0 Å². The van der Waals surface area contributed by atoms with Crippen LogP contribution in [0.2, 0.25) is 0 Å². The number of carbonyl (C=O) groups is 1. The first-order chi connectivity index (χ1) is 5.33. The molecular weight excluding hydrogens is 178 g/mol. The summed E-state index contributed by atoms with van der Waals surface area (Å²) in [5.41, 5.74) is 0. The average molecular weight is 195 g/mol. The number of nitrogens with zero attached hydrogens (tertiary/aromatic N) is 1. The predicted octanol–water partition coefficient (Wildman–Crippen LogP) is 0.623. The number of likely N-dealkylation sites (N-methyl/N-ethyl adjacent to an activating group) is 1. The normalized spacial score (nSPS) is 9.75. The first kappa shape index (κ1) is 14.2. The van der Waals surface area contributed by atoms with Gasteiger partial charge in [0.1, 0.15) is 6.54 Å². The van der Waals surface area contributed by atoms with Crippen molar-refractivity contribution in [2.75, 3.05) is 34.3 Å². The van der Waals surface area contributed by atoms with Crippen LogP contribution in [0.3, 0.4) is 0 Å². The smallest absolute Gasteiger partial charge is 0.244 e. The second-order valence-corrected chi connectivity index (χ2v) is 3.62. The number of hydrogen-bond acceptors (Lipinski definition) is 2.